The zero-order valence-corrected chi connectivity index (χ0v) is 24.9. The number of aryl methyl sites for hydroxylation is 1. The fourth-order valence-electron chi connectivity index (χ4n) is 5.45. The molecule has 0 aliphatic heterocycles. The standard InChI is InChI=1S/C27H32N2.C9H18O2/c1-2-3-4-5-8-21-11-13-23(14-12-21)24-15-17-25(18-16-24)27-28-19-26(20-29-27)22-9-6-7-10-22;1-2-3-4-5-6-7-8-9(10)11/h11-20,22H,2-10H2,1H3;2-8H2,1H3,(H,10,11). The fraction of sp³-hybridized carbons (Fsp3) is 0.528. The van der Waals surface area contributed by atoms with Crippen LogP contribution in [0.4, 0.5) is 0 Å². The molecule has 1 aliphatic carbocycles. The lowest BCUT2D eigenvalue weighted by atomic mass is 10.00. The Hall–Kier alpha value is -3.01. The number of nitrogens with zero attached hydrogens (tertiary/aromatic N) is 2. The number of carboxylic acid groups (broad SMARTS) is 1. The Morgan fingerprint density at radius 3 is 1.77 bits per heavy atom. The predicted molar refractivity (Wildman–Crippen MR) is 168 cm³/mol. The van der Waals surface area contributed by atoms with Gasteiger partial charge >= 0.3 is 5.97 Å². The Morgan fingerprint density at radius 2 is 1.20 bits per heavy atom. The summed E-state index contributed by atoms with van der Waals surface area (Å²) in [5.74, 6) is 0.822. The Labute approximate surface area is 242 Å². The molecule has 0 atom stereocenters. The number of aromatic nitrogens is 2. The highest BCUT2D eigenvalue weighted by molar-refractivity contribution is 5.68. The molecular weight excluding hydrogens is 492 g/mol. The van der Waals surface area contributed by atoms with Gasteiger partial charge in [0.05, 0.1) is 0 Å². The molecule has 4 heteroatoms. The van der Waals surface area contributed by atoms with Crippen molar-refractivity contribution in [3.05, 3.63) is 72.1 Å². The minimum atomic E-state index is -0.666. The maximum atomic E-state index is 10.1. The average Bonchev–Trinajstić information content (AvgIpc) is 3.53. The van der Waals surface area contributed by atoms with E-state index in [1.54, 1.807) is 0 Å². The van der Waals surface area contributed by atoms with Crippen LogP contribution in [0.5, 0.6) is 0 Å². The molecule has 0 bridgehead atoms. The molecule has 0 unspecified atom stereocenters. The van der Waals surface area contributed by atoms with E-state index in [4.69, 9.17) is 5.11 Å². The summed E-state index contributed by atoms with van der Waals surface area (Å²) in [6.07, 6.45) is 23.0. The summed E-state index contributed by atoms with van der Waals surface area (Å²) in [7, 11) is 0. The molecule has 0 saturated heterocycles. The Kier molecular flexibility index (Phi) is 14.5. The largest absolute Gasteiger partial charge is 0.481 e. The van der Waals surface area contributed by atoms with Crippen LogP contribution >= 0.6 is 0 Å². The highest BCUT2D eigenvalue weighted by Gasteiger charge is 2.17. The van der Waals surface area contributed by atoms with Crippen molar-refractivity contribution >= 4 is 5.97 Å². The van der Waals surface area contributed by atoms with Crippen LogP contribution in [0.2, 0.25) is 0 Å². The van der Waals surface area contributed by atoms with Crippen molar-refractivity contribution in [1.29, 1.82) is 0 Å². The van der Waals surface area contributed by atoms with Gasteiger partial charge in [-0.15, -0.1) is 0 Å². The van der Waals surface area contributed by atoms with E-state index in [1.165, 1.54) is 106 Å². The van der Waals surface area contributed by atoms with Gasteiger partial charge in [-0.2, -0.15) is 0 Å². The first-order valence-corrected chi connectivity index (χ1v) is 15.8. The molecule has 1 heterocycles. The Balaban J connectivity index is 0.000000342. The Bertz CT molecular complexity index is 1090. The lowest BCUT2D eigenvalue weighted by Crippen LogP contribution is -1.96. The zero-order chi connectivity index (χ0) is 28.4. The maximum absolute atomic E-state index is 10.1. The number of hydrogen-bond donors (Lipinski definition) is 1. The van der Waals surface area contributed by atoms with Crippen molar-refractivity contribution in [2.45, 2.75) is 122 Å². The van der Waals surface area contributed by atoms with Crippen molar-refractivity contribution in [3.8, 4) is 22.5 Å². The highest BCUT2D eigenvalue weighted by Crippen LogP contribution is 2.33. The molecule has 0 radical (unpaired) electrons. The molecule has 1 aromatic heterocycles. The lowest BCUT2D eigenvalue weighted by Gasteiger charge is -2.09. The van der Waals surface area contributed by atoms with E-state index >= 15 is 0 Å². The lowest BCUT2D eigenvalue weighted by molar-refractivity contribution is -0.137. The quantitative estimate of drug-likeness (QED) is 0.194. The average molecular weight is 543 g/mol. The van der Waals surface area contributed by atoms with Gasteiger partial charge in [0.25, 0.3) is 0 Å². The maximum Gasteiger partial charge on any atom is 0.303 e. The highest BCUT2D eigenvalue weighted by atomic mass is 16.4. The number of carbonyl (C=O) groups is 1. The summed E-state index contributed by atoms with van der Waals surface area (Å²) in [5.41, 5.74) is 6.34. The summed E-state index contributed by atoms with van der Waals surface area (Å²) >= 11 is 0. The van der Waals surface area contributed by atoms with Crippen LogP contribution in [-0.4, -0.2) is 21.0 Å². The van der Waals surface area contributed by atoms with E-state index in [-0.39, 0.29) is 0 Å². The number of unbranched alkanes of at least 4 members (excludes halogenated alkanes) is 8. The third-order valence-corrected chi connectivity index (χ3v) is 7.99. The topological polar surface area (TPSA) is 63.1 Å². The van der Waals surface area contributed by atoms with Gasteiger partial charge in [-0.3, -0.25) is 4.79 Å². The van der Waals surface area contributed by atoms with E-state index in [9.17, 15) is 4.79 Å². The normalized spacial score (nSPS) is 13.2. The van der Waals surface area contributed by atoms with E-state index < -0.39 is 5.97 Å². The van der Waals surface area contributed by atoms with Crippen LogP contribution in [0, 0.1) is 0 Å². The molecule has 0 amide bonds. The van der Waals surface area contributed by atoms with Crippen LogP contribution in [0.3, 0.4) is 0 Å². The van der Waals surface area contributed by atoms with E-state index in [2.05, 4.69) is 72.3 Å². The SMILES string of the molecule is CCCCCCCCC(=O)O.CCCCCCc1ccc(-c2ccc(-c3ncc(C4CCCC4)cn3)cc2)cc1. The van der Waals surface area contributed by atoms with Crippen LogP contribution in [0.15, 0.2) is 60.9 Å². The summed E-state index contributed by atoms with van der Waals surface area (Å²) in [5, 5.41) is 8.32. The first kappa shape index (κ1) is 31.5. The van der Waals surface area contributed by atoms with Crippen molar-refractivity contribution in [3.63, 3.8) is 0 Å². The van der Waals surface area contributed by atoms with E-state index in [1.807, 2.05) is 12.4 Å². The van der Waals surface area contributed by atoms with Gasteiger partial charge in [0.2, 0.25) is 0 Å². The van der Waals surface area contributed by atoms with Gasteiger partial charge < -0.3 is 5.11 Å². The minimum Gasteiger partial charge on any atom is -0.481 e. The summed E-state index contributed by atoms with van der Waals surface area (Å²) in [6.45, 7) is 4.44. The third kappa shape index (κ3) is 11.2. The second-order valence-corrected chi connectivity index (χ2v) is 11.3. The number of rotatable bonds is 15. The minimum absolute atomic E-state index is 0.339. The zero-order valence-electron chi connectivity index (χ0n) is 24.9. The Morgan fingerprint density at radius 1 is 0.700 bits per heavy atom. The van der Waals surface area contributed by atoms with Crippen molar-refractivity contribution in [2.24, 2.45) is 0 Å². The van der Waals surface area contributed by atoms with Crippen molar-refractivity contribution in [1.82, 2.24) is 9.97 Å². The molecule has 1 N–H and O–H groups in total. The molecule has 3 aromatic rings. The third-order valence-electron chi connectivity index (χ3n) is 7.99. The van der Waals surface area contributed by atoms with Gasteiger partial charge in [0.15, 0.2) is 5.82 Å². The fourth-order valence-corrected chi connectivity index (χ4v) is 5.45. The second kappa shape index (κ2) is 18.4. The monoisotopic (exact) mass is 542 g/mol. The summed E-state index contributed by atoms with van der Waals surface area (Å²) < 4.78 is 0. The number of aliphatic carboxylic acids is 1. The molecule has 0 spiro atoms. The van der Waals surface area contributed by atoms with E-state index in [0.717, 1.165) is 24.2 Å². The number of hydrogen-bond acceptors (Lipinski definition) is 3. The van der Waals surface area contributed by atoms with Crippen LogP contribution < -0.4 is 0 Å². The molecule has 40 heavy (non-hydrogen) atoms. The number of carboxylic acids is 1. The van der Waals surface area contributed by atoms with Gasteiger partial charge in [-0.05, 0) is 60.3 Å². The number of benzene rings is 2. The summed E-state index contributed by atoms with van der Waals surface area (Å²) in [6, 6.07) is 17.7. The van der Waals surface area contributed by atoms with Crippen LogP contribution in [-0.2, 0) is 11.2 Å². The van der Waals surface area contributed by atoms with Gasteiger partial charge in [0.1, 0.15) is 0 Å². The van der Waals surface area contributed by atoms with Gasteiger partial charge in [-0.1, -0.05) is 127 Å². The van der Waals surface area contributed by atoms with Crippen LogP contribution in [0.25, 0.3) is 22.5 Å². The smallest absolute Gasteiger partial charge is 0.303 e. The van der Waals surface area contributed by atoms with Gasteiger partial charge in [-0.25, -0.2) is 9.97 Å². The van der Waals surface area contributed by atoms with Crippen molar-refractivity contribution in [2.75, 3.05) is 0 Å². The molecule has 4 rings (SSSR count). The first-order chi connectivity index (χ1) is 19.6. The second-order valence-electron chi connectivity index (χ2n) is 11.3. The molecular formula is C36H50N2O2. The molecule has 216 valence electrons. The van der Waals surface area contributed by atoms with Gasteiger partial charge in [0, 0.05) is 24.4 Å². The molecule has 1 aliphatic rings. The van der Waals surface area contributed by atoms with Crippen molar-refractivity contribution < 1.29 is 9.90 Å². The van der Waals surface area contributed by atoms with Crippen LogP contribution in [0.1, 0.15) is 127 Å². The molecule has 1 saturated carbocycles. The summed E-state index contributed by atoms with van der Waals surface area (Å²) in [4.78, 5) is 19.4. The molecule has 4 nitrogen and oxygen atoms in total. The predicted octanol–water partition coefficient (Wildman–Crippen LogP) is 10.4. The molecule has 1 fully saturated rings. The van der Waals surface area contributed by atoms with E-state index in [0.29, 0.717) is 12.3 Å². The molecule has 2 aromatic carbocycles. The first-order valence-electron chi connectivity index (χ1n) is 15.8.